The van der Waals surface area contributed by atoms with E-state index in [-0.39, 0.29) is 11.9 Å². The van der Waals surface area contributed by atoms with Gasteiger partial charge in [-0.25, -0.2) is 0 Å². The molecule has 0 aliphatic carbocycles. The van der Waals surface area contributed by atoms with Crippen molar-refractivity contribution >= 4 is 17.2 Å². The molecule has 1 amide bonds. The second-order valence-electron chi connectivity index (χ2n) is 8.64. The van der Waals surface area contributed by atoms with Crippen LogP contribution in [0.25, 0.3) is 0 Å². The number of nitrogens with zero attached hydrogens (tertiary/aromatic N) is 4. The Morgan fingerprint density at radius 1 is 1.19 bits per heavy atom. The highest BCUT2D eigenvalue weighted by atomic mass is 32.1. The number of aromatic nitrogens is 2. The van der Waals surface area contributed by atoms with Crippen LogP contribution in [0.3, 0.4) is 0 Å². The van der Waals surface area contributed by atoms with Crippen LogP contribution in [0.5, 0.6) is 0 Å². The van der Waals surface area contributed by atoms with E-state index in [0.29, 0.717) is 5.92 Å². The van der Waals surface area contributed by atoms with Crippen molar-refractivity contribution in [2.24, 2.45) is 13.0 Å². The number of amides is 1. The Bertz CT molecular complexity index is 974. The fourth-order valence-corrected chi connectivity index (χ4v) is 5.34. The smallest absolute Gasteiger partial charge is 0.263 e. The van der Waals surface area contributed by atoms with Crippen LogP contribution in [0.4, 0.5) is 0 Å². The predicted molar refractivity (Wildman–Crippen MR) is 126 cm³/mol. The standard InChI is InChI=1S/C25H32N4OS/c1-19-22(17-26-28(19)3)18-29-13-11-21(12-14-29)23(16-20-8-5-4-6-9-20)27(2)25(30)24-10-7-15-31-24/h4-10,15,17,21,23H,11-14,16,18H2,1-3H3/t23-/m0/s1. The number of rotatable bonds is 7. The van der Waals surface area contributed by atoms with Crippen LogP contribution in [0.1, 0.15) is 39.3 Å². The maximum atomic E-state index is 13.1. The molecule has 0 N–H and O–H groups in total. The summed E-state index contributed by atoms with van der Waals surface area (Å²) in [6.07, 6.45) is 5.12. The summed E-state index contributed by atoms with van der Waals surface area (Å²) in [4.78, 5) is 18.5. The molecule has 0 radical (unpaired) electrons. The summed E-state index contributed by atoms with van der Waals surface area (Å²) in [5.74, 6) is 0.643. The molecule has 2 aromatic heterocycles. The summed E-state index contributed by atoms with van der Waals surface area (Å²) in [5, 5.41) is 6.36. The monoisotopic (exact) mass is 436 g/mol. The molecule has 0 unspecified atom stereocenters. The van der Waals surface area contributed by atoms with E-state index >= 15 is 0 Å². The molecule has 1 aliphatic heterocycles. The normalized spacial score (nSPS) is 16.4. The molecule has 1 atom stereocenters. The minimum Gasteiger partial charge on any atom is -0.337 e. The number of likely N-dealkylation sites (tertiary alicyclic amines) is 1. The fraction of sp³-hybridized carbons (Fsp3) is 0.440. The molecule has 1 fully saturated rings. The number of hydrogen-bond donors (Lipinski definition) is 0. The van der Waals surface area contributed by atoms with Crippen molar-refractivity contribution in [3.8, 4) is 0 Å². The number of likely N-dealkylation sites (N-methyl/N-ethyl adjacent to an activating group) is 1. The molecule has 1 aliphatic rings. The average Bonchev–Trinajstić information content (AvgIpc) is 3.44. The summed E-state index contributed by atoms with van der Waals surface area (Å²) in [5.41, 5.74) is 3.85. The van der Waals surface area contributed by atoms with Crippen molar-refractivity contribution in [3.05, 3.63) is 75.7 Å². The zero-order valence-electron chi connectivity index (χ0n) is 18.7. The van der Waals surface area contributed by atoms with Crippen molar-refractivity contribution in [1.82, 2.24) is 19.6 Å². The van der Waals surface area contributed by atoms with Gasteiger partial charge in [0.05, 0.1) is 11.1 Å². The summed E-state index contributed by atoms with van der Waals surface area (Å²) >= 11 is 1.53. The second kappa shape index (κ2) is 9.79. The molecule has 1 aromatic carbocycles. The average molecular weight is 437 g/mol. The first-order valence-corrected chi connectivity index (χ1v) is 12.0. The number of benzene rings is 1. The first-order chi connectivity index (χ1) is 15.0. The van der Waals surface area contributed by atoms with Gasteiger partial charge in [-0.2, -0.15) is 5.10 Å². The van der Waals surface area contributed by atoms with Gasteiger partial charge < -0.3 is 4.90 Å². The van der Waals surface area contributed by atoms with Gasteiger partial charge in [0, 0.05) is 37.9 Å². The van der Waals surface area contributed by atoms with Crippen LogP contribution in [0.15, 0.2) is 54.0 Å². The number of carbonyl (C=O) groups excluding carboxylic acids is 1. The summed E-state index contributed by atoms with van der Waals surface area (Å²) in [7, 11) is 3.99. The van der Waals surface area contributed by atoms with E-state index < -0.39 is 0 Å². The predicted octanol–water partition coefficient (Wildman–Crippen LogP) is 4.39. The molecule has 6 heteroatoms. The van der Waals surface area contributed by atoms with Crippen LogP contribution < -0.4 is 0 Å². The van der Waals surface area contributed by atoms with E-state index in [9.17, 15) is 4.79 Å². The Hall–Kier alpha value is -2.44. The van der Waals surface area contributed by atoms with Gasteiger partial charge in [0.1, 0.15) is 0 Å². The lowest BCUT2D eigenvalue weighted by Crippen LogP contribution is -2.47. The number of thiophene rings is 1. The van der Waals surface area contributed by atoms with Crippen LogP contribution in [-0.2, 0) is 20.0 Å². The number of piperidine rings is 1. The Kier molecular flexibility index (Phi) is 6.88. The highest BCUT2D eigenvalue weighted by molar-refractivity contribution is 7.12. The van der Waals surface area contributed by atoms with Gasteiger partial charge >= 0.3 is 0 Å². The lowest BCUT2D eigenvalue weighted by atomic mass is 9.84. The molecule has 1 saturated heterocycles. The Morgan fingerprint density at radius 2 is 1.94 bits per heavy atom. The van der Waals surface area contributed by atoms with E-state index in [1.165, 1.54) is 28.2 Å². The van der Waals surface area contributed by atoms with E-state index in [0.717, 1.165) is 43.8 Å². The van der Waals surface area contributed by atoms with Crippen molar-refractivity contribution < 1.29 is 4.79 Å². The number of aryl methyl sites for hydroxylation is 1. The maximum Gasteiger partial charge on any atom is 0.263 e. The Balaban J connectivity index is 1.45. The van der Waals surface area contributed by atoms with Crippen LogP contribution in [-0.4, -0.2) is 51.7 Å². The van der Waals surface area contributed by atoms with Crippen molar-refractivity contribution in [2.45, 2.75) is 38.8 Å². The van der Waals surface area contributed by atoms with Gasteiger partial charge in [0.25, 0.3) is 5.91 Å². The van der Waals surface area contributed by atoms with Gasteiger partial charge in [0.2, 0.25) is 0 Å². The molecule has 0 bridgehead atoms. The van der Waals surface area contributed by atoms with Gasteiger partial charge in [0.15, 0.2) is 0 Å². The highest BCUT2D eigenvalue weighted by Crippen LogP contribution is 2.28. The summed E-state index contributed by atoms with van der Waals surface area (Å²) in [6.45, 7) is 5.21. The van der Waals surface area contributed by atoms with Crippen LogP contribution >= 0.6 is 11.3 Å². The first kappa shape index (κ1) is 21.8. The molecular weight excluding hydrogens is 404 g/mol. The lowest BCUT2D eigenvalue weighted by molar-refractivity contribution is 0.0589. The topological polar surface area (TPSA) is 41.4 Å². The quantitative estimate of drug-likeness (QED) is 0.552. The molecule has 0 spiro atoms. The SMILES string of the molecule is Cc1c(CN2CCC([C@H](Cc3ccccc3)N(C)C(=O)c3cccs3)CC2)cnn1C. The van der Waals surface area contributed by atoms with Gasteiger partial charge in [-0.05, 0) is 62.2 Å². The number of hydrogen-bond acceptors (Lipinski definition) is 4. The zero-order valence-corrected chi connectivity index (χ0v) is 19.5. The molecule has 31 heavy (non-hydrogen) atoms. The highest BCUT2D eigenvalue weighted by Gasteiger charge is 2.32. The third-order valence-electron chi connectivity index (χ3n) is 6.74. The van der Waals surface area contributed by atoms with Crippen molar-refractivity contribution in [2.75, 3.05) is 20.1 Å². The third-order valence-corrected chi connectivity index (χ3v) is 7.60. The largest absolute Gasteiger partial charge is 0.337 e. The number of carbonyl (C=O) groups is 1. The van der Waals surface area contributed by atoms with Gasteiger partial charge in [-0.3, -0.25) is 14.4 Å². The van der Waals surface area contributed by atoms with Crippen molar-refractivity contribution in [3.63, 3.8) is 0 Å². The van der Waals surface area contributed by atoms with E-state index in [4.69, 9.17) is 0 Å². The zero-order chi connectivity index (χ0) is 21.8. The molecule has 164 valence electrons. The van der Waals surface area contributed by atoms with Gasteiger partial charge in [-0.1, -0.05) is 36.4 Å². The molecular formula is C25H32N4OS. The summed E-state index contributed by atoms with van der Waals surface area (Å²) < 4.78 is 1.95. The van der Waals surface area contributed by atoms with E-state index in [1.54, 1.807) is 0 Å². The van der Waals surface area contributed by atoms with Gasteiger partial charge in [-0.15, -0.1) is 11.3 Å². The maximum absolute atomic E-state index is 13.1. The Labute approximate surface area is 189 Å². The molecule has 4 rings (SSSR count). The Morgan fingerprint density at radius 3 is 2.55 bits per heavy atom. The minimum absolute atomic E-state index is 0.143. The van der Waals surface area contributed by atoms with Crippen LogP contribution in [0, 0.1) is 12.8 Å². The lowest BCUT2D eigenvalue weighted by Gasteiger charge is -2.40. The second-order valence-corrected chi connectivity index (χ2v) is 9.59. The molecule has 3 aromatic rings. The fourth-order valence-electron chi connectivity index (χ4n) is 4.64. The van der Waals surface area contributed by atoms with Crippen molar-refractivity contribution in [1.29, 1.82) is 0 Å². The molecule has 0 saturated carbocycles. The van der Waals surface area contributed by atoms with E-state index in [1.807, 2.05) is 47.4 Å². The van der Waals surface area contributed by atoms with Crippen LogP contribution in [0.2, 0.25) is 0 Å². The van der Waals surface area contributed by atoms with E-state index in [2.05, 4.69) is 47.3 Å². The minimum atomic E-state index is 0.143. The molecule has 5 nitrogen and oxygen atoms in total. The summed E-state index contributed by atoms with van der Waals surface area (Å²) in [6, 6.07) is 14.7. The first-order valence-electron chi connectivity index (χ1n) is 11.1. The molecule has 3 heterocycles. The third kappa shape index (κ3) is 5.08.